The van der Waals surface area contributed by atoms with Crippen LogP contribution in [0.15, 0.2) is 24.3 Å². The lowest BCUT2D eigenvalue weighted by molar-refractivity contribution is -0.137. The monoisotopic (exact) mass is 182 g/mol. The molecule has 0 unspecified atom stereocenters. The Hall–Kier alpha value is -1.05. The second kappa shape index (κ2) is 9.04. The molecule has 2 heteroatoms. The molecule has 0 amide bonds. The molecule has 0 atom stereocenters. The van der Waals surface area contributed by atoms with Crippen LogP contribution in [0.25, 0.3) is 0 Å². The van der Waals surface area contributed by atoms with E-state index in [1.165, 1.54) is 0 Å². The number of carboxylic acids is 1. The fourth-order valence-electron chi connectivity index (χ4n) is 1.00. The first kappa shape index (κ1) is 11.9. The van der Waals surface area contributed by atoms with Gasteiger partial charge in [-0.25, -0.2) is 0 Å². The van der Waals surface area contributed by atoms with Crippen LogP contribution >= 0.6 is 0 Å². The molecule has 0 heterocycles. The van der Waals surface area contributed by atoms with Gasteiger partial charge in [0.15, 0.2) is 0 Å². The van der Waals surface area contributed by atoms with Gasteiger partial charge in [-0.1, -0.05) is 30.7 Å². The van der Waals surface area contributed by atoms with E-state index in [4.69, 9.17) is 5.11 Å². The Balaban J connectivity index is 3.12. The minimum atomic E-state index is -0.690. The molecule has 0 aliphatic heterocycles. The maximum Gasteiger partial charge on any atom is 0.303 e. The van der Waals surface area contributed by atoms with Crippen molar-refractivity contribution in [3.05, 3.63) is 24.3 Å². The van der Waals surface area contributed by atoms with Crippen molar-refractivity contribution in [2.24, 2.45) is 0 Å². The Bertz CT molecular complexity index is 181. The summed E-state index contributed by atoms with van der Waals surface area (Å²) in [6.45, 7) is 1.98. The average Bonchev–Trinajstić information content (AvgIpc) is 2.09. The number of hydrogen-bond acceptors (Lipinski definition) is 1. The average molecular weight is 182 g/mol. The summed E-state index contributed by atoms with van der Waals surface area (Å²) in [5, 5.41) is 8.36. The van der Waals surface area contributed by atoms with E-state index >= 15 is 0 Å². The van der Waals surface area contributed by atoms with Gasteiger partial charge >= 0.3 is 5.97 Å². The maximum atomic E-state index is 10.2. The topological polar surface area (TPSA) is 37.3 Å². The van der Waals surface area contributed by atoms with Crippen molar-refractivity contribution in [3.8, 4) is 0 Å². The largest absolute Gasteiger partial charge is 0.481 e. The van der Waals surface area contributed by atoms with Crippen LogP contribution in [-0.4, -0.2) is 11.1 Å². The predicted molar refractivity (Wildman–Crippen MR) is 54.7 cm³/mol. The highest BCUT2D eigenvalue weighted by molar-refractivity contribution is 5.66. The number of unbranched alkanes of at least 4 members (excludes halogenated alkanes) is 3. The van der Waals surface area contributed by atoms with E-state index in [-0.39, 0.29) is 0 Å². The summed E-state index contributed by atoms with van der Waals surface area (Å²) >= 11 is 0. The third kappa shape index (κ3) is 10.9. The lowest BCUT2D eigenvalue weighted by atomic mass is 10.1. The van der Waals surface area contributed by atoms with Gasteiger partial charge in [0, 0.05) is 6.42 Å². The van der Waals surface area contributed by atoms with Gasteiger partial charge in [0.2, 0.25) is 0 Å². The molecule has 0 aromatic carbocycles. The molecular formula is C11H18O2. The molecule has 0 spiro atoms. The fraction of sp³-hybridized carbons (Fsp3) is 0.545. The van der Waals surface area contributed by atoms with Crippen LogP contribution in [0.1, 0.15) is 39.0 Å². The van der Waals surface area contributed by atoms with E-state index in [2.05, 4.69) is 6.08 Å². The first-order chi connectivity index (χ1) is 6.27. The van der Waals surface area contributed by atoms with E-state index < -0.39 is 5.97 Å². The minimum absolute atomic E-state index is 0.304. The summed E-state index contributed by atoms with van der Waals surface area (Å²) < 4.78 is 0. The van der Waals surface area contributed by atoms with Gasteiger partial charge in [-0.05, 0) is 26.2 Å². The van der Waals surface area contributed by atoms with Crippen LogP contribution in [-0.2, 0) is 4.79 Å². The number of hydrogen-bond donors (Lipinski definition) is 1. The Morgan fingerprint density at radius 2 is 2.00 bits per heavy atom. The molecule has 0 aliphatic carbocycles. The summed E-state index contributed by atoms with van der Waals surface area (Å²) in [7, 11) is 0. The number of carboxylic acid groups (broad SMARTS) is 1. The summed E-state index contributed by atoms with van der Waals surface area (Å²) in [4.78, 5) is 10.2. The SMILES string of the molecule is C/C=C\C=C/CCCCCC(=O)O. The molecule has 0 saturated heterocycles. The Labute approximate surface area is 80.0 Å². The smallest absolute Gasteiger partial charge is 0.303 e. The maximum absolute atomic E-state index is 10.2. The normalized spacial score (nSPS) is 11.5. The molecule has 0 radical (unpaired) electrons. The molecule has 1 N–H and O–H groups in total. The first-order valence-electron chi connectivity index (χ1n) is 4.77. The highest BCUT2D eigenvalue weighted by Crippen LogP contribution is 2.03. The van der Waals surface area contributed by atoms with Gasteiger partial charge in [-0.15, -0.1) is 0 Å². The lowest BCUT2D eigenvalue weighted by Gasteiger charge is -1.94. The molecule has 0 rings (SSSR count). The second-order valence-corrected chi connectivity index (χ2v) is 2.95. The lowest BCUT2D eigenvalue weighted by Crippen LogP contribution is -1.93. The fourth-order valence-corrected chi connectivity index (χ4v) is 1.00. The Kier molecular flexibility index (Phi) is 8.31. The van der Waals surface area contributed by atoms with Crippen LogP contribution in [0, 0.1) is 0 Å². The van der Waals surface area contributed by atoms with E-state index in [1.807, 2.05) is 25.2 Å². The minimum Gasteiger partial charge on any atom is -0.481 e. The molecule has 0 aliphatic rings. The number of carbonyl (C=O) groups is 1. The van der Waals surface area contributed by atoms with Gasteiger partial charge in [-0.2, -0.15) is 0 Å². The van der Waals surface area contributed by atoms with Crippen LogP contribution in [0.4, 0.5) is 0 Å². The van der Waals surface area contributed by atoms with Gasteiger partial charge < -0.3 is 5.11 Å². The quantitative estimate of drug-likeness (QED) is 0.485. The van der Waals surface area contributed by atoms with E-state index in [0.717, 1.165) is 25.7 Å². The summed E-state index contributed by atoms with van der Waals surface area (Å²) in [6.07, 6.45) is 12.4. The first-order valence-corrected chi connectivity index (χ1v) is 4.77. The summed E-state index contributed by atoms with van der Waals surface area (Å²) in [5.74, 6) is -0.690. The predicted octanol–water partition coefficient (Wildman–Crippen LogP) is 3.15. The highest BCUT2D eigenvalue weighted by atomic mass is 16.4. The number of aliphatic carboxylic acids is 1. The molecule has 74 valence electrons. The third-order valence-corrected chi connectivity index (χ3v) is 1.70. The van der Waals surface area contributed by atoms with Gasteiger partial charge in [0.25, 0.3) is 0 Å². The summed E-state index contributed by atoms with van der Waals surface area (Å²) in [5.41, 5.74) is 0. The van der Waals surface area contributed by atoms with Gasteiger partial charge in [0.05, 0.1) is 0 Å². The molecule has 0 fully saturated rings. The number of allylic oxidation sites excluding steroid dienone is 4. The molecule has 13 heavy (non-hydrogen) atoms. The van der Waals surface area contributed by atoms with E-state index in [0.29, 0.717) is 6.42 Å². The highest BCUT2D eigenvalue weighted by Gasteiger charge is 1.94. The summed E-state index contributed by atoms with van der Waals surface area (Å²) in [6, 6.07) is 0. The van der Waals surface area contributed by atoms with Crippen molar-refractivity contribution in [2.75, 3.05) is 0 Å². The van der Waals surface area contributed by atoms with Crippen LogP contribution < -0.4 is 0 Å². The molecule has 0 aromatic rings. The van der Waals surface area contributed by atoms with Crippen molar-refractivity contribution < 1.29 is 9.90 Å². The molecule has 2 nitrogen and oxygen atoms in total. The second-order valence-electron chi connectivity index (χ2n) is 2.95. The van der Waals surface area contributed by atoms with Crippen LogP contribution in [0.3, 0.4) is 0 Å². The standard InChI is InChI=1S/C11H18O2/c1-2-3-4-5-6-7-8-9-10-11(12)13/h2-5H,6-10H2,1H3,(H,12,13)/b3-2-,5-4-. The molecular weight excluding hydrogens is 164 g/mol. The zero-order valence-electron chi connectivity index (χ0n) is 8.20. The van der Waals surface area contributed by atoms with Crippen LogP contribution in [0.2, 0.25) is 0 Å². The zero-order chi connectivity index (χ0) is 9.94. The zero-order valence-corrected chi connectivity index (χ0v) is 8.20. The van der Waals surface area contributed by atoms with E-state index in [1.54, 1.807) is 0 Å². The van der Waals surface area contributed by atoms with Crippen LogP contribution in [0.5, 0.6) is 0 Å². The van der Waals surface area contributed by atoms with Crippen molar-refractivity contribution in [3.63, 3.8) is 0 Å². The number of rotatable bonds is 7. The van der Waals surface area contributed by atoms with Crippen molar-refractivity contribution in [1.82, 2.24) is 0 Å². The molecule has 0 bridgehead atoms. The van der Waals surface area contributed by atoms with Gasteiger partial charge in [0.1, 0.15) is 0 Å². The van der Waals surface area contributed by atoms with Crippen molar-refractivity contribution in [2.45, 2.75) is 39.0 Å². The van der Waals surface area contributed by atoms with Gasteiger partial charge in [-0.3, -0.25) is 4.79 Å². The molecule has 0 aromatic heterocycles. The van der Waals surface area contributed by atoms with Crippen molar-refractivity contribution in [1.29, 1.82) is 0 Å². The Morgan fingerprint density at radius 1 is 1.23 bits per heavy atom. The Morgan fingerprint density at radius 3 is 2.62 bits per heavy atom. The molecule has 0 saturated carbocycles. The van der Waals surface area contributed by atoms with Crippen molar-refractivity contribution >= 4 is 5.97 Å². The van der Waals surface area contributed by atoms with E-state index in [9.17, 15) is 4.79 Å². The third-order valence-electron chi connectivity index (χ3n) is 1.70.